The van der Waals surface area contributed by atoms with E-state index in [0.717, 1.165) is 26.1 Å². The minimum absolute atomic E-state index is 0.00987. The van der Waals surface area contributed by atoms with Crippen LogP contribution in [0.15, 0.2) is 46.1 Å². The van der Waals surface area contributed by atoms with Crippen LogP contribution >= 0.6 is 0 Å². The molecule has 0 radical (unpaired) electrons. The summed E-state index contributed by atoms with van der Waals surface area (Å²) in [5.41, 5.74) is -0.333. The van der Waals surface area contributed by atoms with Crippen molar-refractivity contribution in [3.05, 3.63) is 58.0 Å². The van der Waals surface area contributed by atoms with Crippen molar-refractivity contribution in [2.24, 2.45) is 33.7 Å². The predicted octanol–water partition coefficient (Wildman–Crippen LogP) is 5.96. The number of likely N-dealkylation sites (tertiary alicyclic amines) is 1. The van der Waals surface area contributed by atoms with E-state index in [4.69, 9.17) is 28.9 Å². The lowest BCUT2D eigenvalue weighted by atomic mass is 9.79. The Bertz CT molecular complexity index is 2270. The lowest BCUT2D eigenvalue weighted by Gasteiger charge is -2.39. The number of anilines is 1. The Balaban J connectivity index is 0.00000358. The van der Waals surface area contributed by atoms with Gasteiger partial charge in [-0.15, -0.1) is 12.8 Å². The third-order valence-electron chi connectivity index (χ3n) is 12.7. The van der Waals surface area contributed by atoms with Crippen LogP contribution in [0.25, 0.3) is 10.8 Å². The summed E-state index contributed by atoms with van der Waals surface area (Å²) in [4.78, 5) is 41.3. The van der Waals surface area contributed by atoms with Gasteiger partial charge in [0.15, 0.2) is 17.2 Å². The van der Waals surface area contributed by atoms with Gasteiger partial charge in [0.05, 0.1) is 40.9 Å². The Hall–Kier alpha value is -4.78. The number of Topliss-reactive ketones (excluding diaryl/α,β-unsaturated/α-hetero) is 1. The third-order valence-corrected chi connectivity index (χ3v) is 12.7. The molecule has 2 aromatic rings. The Labute approximate surface area is 365 Å². The van der Waals surface area contributed by atoms with E-state index < -0.39 is 64.8 Å². The number of amides is 1. The number of fused-ring (bicyclic) bond motifs is 1. The molecule has 0 aliphatic carbocycles. The summed E-state index contributed by atoms with van der Waals surface area (Å²) in [6, 6.07) is 0. The smallest absolute Gasteiger partial charge is 0.312 e. The van der Waals surface area contributed by atoms with E-state index in [2.05, 4.69) is 30.0 Å². The number of hydrogen-bond donors (Lipinski definition) is 5. The normalized spacial score (nSPS) is 31.1. The maximum atomic E-state index is 14.7. The number of rotatable bonds is 5. The summed E-state index contributed by atoms with van der Waals surface area (Å²) in [5, 5.41) is 49.9. The molecule has 1 fully saturated rings. The van der Waals surface area contributed by atoms with E-state index in [9.17, 15) is 30.0 Å². The van der Waals surface area contributed by atoms with Gasteiger partial charge in [-0.1, -0.05) is 52.8 Å². The van der Waals surface area contributed by atoms with Crippen molar-refractivity contribution >= 4 is 28.2 Å². The number of methoxy groups -OCH3 is 1. The highest BCUT2D eigenvalue weighted by atomic mass is 16.7. The Morgan fingerprint density at radius 1 is 1.00 bits per heavy atom. The van der Waals surface area contributed by atoms with Gasteiger partial charge in [-0.05, 0) is 65.0 Å². The van der Waals surface area contributed by atoms with Crippen LogP contribution in [0.2, 0.25) is 0 Å². The monoisotopic (exact) mass is 858 g/mol. The molecule has 4 bridgehead atoms. The molecule has 8 atom stereocenters. The van der Waals surface area contributed by atoms with Crippen LogP contribution < -0.4 is 20.8 Å². The molecule has 6 rings (SSSR count). The molecule has 4 aliphatic heterocycles. The van der Waals surface area contributed by atoms with Crippen LogP contribution in [0.4, 0.5) is 5.69 Å². The molecule has 1 amide bonds. The van der Waals surface area contributed by atoms with Gasteiger partial charge in [0, 0.05) is 68.3 Å². The van der Waals surface area contributed by atoms with E-state index in [1.54, 1.807) is 45.9 Å². The first-order valence-electron chi connectivity index (χ1n) is 21.6. The highest BCUT2D eigenvalue weighted by molar-refractivity contribution is 6.19. The minimum Gasteiger partial charge on any atom is -0.507 e. The third kappa shape index (κ3) is 9.43. The average Bonchev–Trinajstić information content (AvgIpc) is 3.72. The standard InChI is InChI=1S/C46H64N4O10.C2H2/c1-12-19-50-20-17-46(18-21-50)48-34-31-32-38(52)29(7)41-33(31)42(54)45(10,60-41)58-22-16-30(57-11)27(5)37(51)28(6)40(59-44(8,9)56)26(4)23-24(2)14-13-15-25(3)43(55)47-36(39(32)53)35(34)49-46;1-2/h13-16,22,24,26-28,30,37,40,51-53,56H,12,17-21,23H2,1-11H3,(H,47,55);1-2H/b14-13+,22-16+,25-15-;/t24?,26-,27-,28+,30+,37?,40?,45?;/m1./s1. The zero-order valence-corrected chi connectivity index (χ0v) is 38.1. The van der Waals surface area contributed by atoms with Crippen molar-refractivity contribution in [3.8, 4) is 30.1 Å². The summed E-state index contributed by atoms with van der Waals surface area (Å²) >= 11 is 0. The number of aliphatic hydroxyl groups is 2. The van der Waals surface area contributed by atoms with E-state index in [0.29, 0.717) is 24.8 Å². The largest absolute Gasteiger partial charge is 0.507 e. The zero-order chi connectivity index (χ0) is 46.1. The molecule has 4 unspecified atom stereocenters. The van der Waals surface area contributed by atoms with Gasteiger partial charge in [-0.2, -0.15) is 0 Å². The number of nitrogens with one attached hydrogen (secondary N) is 1. The number of terminal acetylenes is 1. The molecule has 0 saturated carbocycles. The van der Waals surface area contributed by atoms with Crippen molar-refractivity contribution < 1.29 is 49.0 Å². The number of allylic oxidation sites excluding steroid dienone is 3. The summed E-state index contributed by atoms with van der Waals surface area (Å²) in [7, 11) is 1.51. The van der Waals surface area contributed by atoms with Crippen LogP contribution in [0.5, 0.6) is 17.2 Å². The molecule has 62 heavy (non-hydrogen) atoms. The second-order valence-electron chi connectivity index (χ2n) is 18.0. The maximum Gasteiger partial charge on any atom is 0.312 e. The molecule has 0 aromatic heterocycles. The number of piperidine rings is 1. The van der Waals surface area contributed by atoms with E-state index >= 15 is 0 Å². The first-order valence-corrected chi connectivity index (χ1v) is 21.6. The number of ketones is 1. The maximum absolute atomic E-state index is 14.7. The van der Waals surface area contributed by atoms with E-state index in [1.165, 1.54) is 20.3 Å². The molecular weight excluding hydrogens is 793 g/mol. The van der Waals surface area contributed by atoms with Crippen molar-refractivity contribution in [1.82, 2.24) is 4.90 Å². The number of carbonyl (C=O) groups is 2. The van der Waals surface area contributed by atoms with Gasteiger partial charge in [-0.3, -0.25) is 19.6 Å². The molecule has 338 valence electrons. The topological polar surface area (TPSA) is 192 Å². The molecule has 4 heterocycles. The fourth-order valence-corrected chi connectivity index (χ4v) is 9.26. The van der Waals surface area contributed by atoms with Crippen LogP contribution in [0, 0.1) is 43.4 Å². The number of benzene rings is 2. The Morgan fingerprint density at radius 3 is 2.26 bits per heavy atom. The number of hydrogen-bond acceptors (Lipinski definition) is 13. The zero-order valence-electron chi connectivity index (χ0n) is 38.1. The van der Waals surface area contributed by atoms with Gasteiger partial charge in [0.1, 0.15) is 22.5 Å². The molecule has 4 aliphatic rings. The molecule has 14 nitrogen and oxygen atoms in total. The van der Waals surface area contributed by atoms with Crippen molar-refractivity contribution in [3.63, 3.8) is 0 Å². The number of aromatic hydroxyl groups is 2. The van der Waals surface area contributed by atoms with Gasteiger partial charge in [0.2, 0.25) is 0 Å². The van der Waals surface area contributed by atoms with Crippen LogP contribution in [0.3, 0.4) is 0 Å². The fourth-order valence-electron chi connectivity index (χ4n) is 9.26. The molecular formula is C48H66N4O10. The molecule has 1 saturated heterocycles. The van der Waals surface area contributed by atoms with E-state index in [1.807, 2.05) is 33.8 Å². The number of aliphatic hydroxyl groups excluding tert-OH is 1. The number of ether oxygens (including phenoxy) is 4. The SMILES string of the molecule is C#C.CCCN1CCC2(CC1)N=c1c3c(O)c4c(O)c(C)c5c(c4c1=N2)C(=O)C(C)(O/C=C/[C@H](OC)[C@@H](C)C(O)[C@H](C)C(OC(C)(C)O)[C@H](C)CC(C)/C=C/C=C(/C)C(=O)N3)O5. The minimum atomic E-state index is -1.91. The van der Waals surface area contributed by atoms with Crippen LogP contribution in [-0.4, -0.2) is 99.3 Å². The highest BCUT2D eigenvalue weighted by Crippen LogP contribution is 2.50. The van der Waals surface area contributed by atoms with Gasteiger partial charge >= 0.3 is 5.79 Å². The second-order valence-corrected chi connectivity index (χ2v) is 18.0. The molecule has 2 aromatic carbocycles. The highest BCUT2D eigenvalue weighted by Gasteiger charge is 2.50. The quantitative estimate of drug-likeness (QED) is 0.135. The van der Waals surface area contributed by atoms with E-state index in [-0.39, 0.29) is 61.6 Å². The summed E-state index contributed by atoms with van der Waals surface area (Å²) in [6.45, 7) is 20.2. The van der Waals surface area contributed by atoms with Gasteiger partial charge < -0.3 is 49.6 Å². The average molecular weight is 859 g/mol. The van der Waals surface area contributed by atoms with Crippen molar-refractivity contribution in [2.75, 3.05) is 32.1 Å². The van der Waals surface area contributed by atoms with Crippen LogP contribution in [-0.2, 0) is 19.0 Å². The Morgan fingerprint density at radius 2 is 1.65 bits per heavy atom. The first kappa shape index (κ1) is 48.3. The van der Waals surface area contributed by atoms with Gasteiger partial charge in [-0.25, -0.2) is 0 Å². The number of carbonyl (C=O) groups excluding carboxylic acids is 2. The lowest BCUT2D eigenvalue weighted by molar-refractivity contribution is -0.236. The van der Waals surface area contributed by atoms with Crippen molar-refractivity contribution in [1.29, 1.82) is 0 Å². The van der Waals surface area contributed by atoms with Gasteiger partial charge in [0.25, 0.3) is 11.7 Å². The predicted molar refractivity (Wildman–Crippen MR) is 237 cm³/mol. The summed E-state index contributed by atoms with van der Waals surface area (Å²) < 4.78 is 24.4. The fraction of sp³-hybridized carbons (Fsp3) is 0.583. The number of nitrogens with zero attached hydrogens (tertiary/aromatic N) is 3. The number of phenols is 2. The summed E-state index contributed by atoms with van der Waals surface area (Å²) in [5.74, 6) is -6.21. The second kappa shape index (κ2) is 18.9. The molecule has 14 heteroatoms. The lowest BCUT2D eigenvalue weighted by Crippen LogP contribution is -2.46. The summed E-state index contributed by atoms with van der Waals surface area (Å²) in [6.07, 6.45) is 17.0. The molecule has 5 N–H and O–H groups in total. The number of phenolic OH excluding ortho intramolecular Hbond substituents is 2. The first-order chi connectivity index (χ1) is 29.2. The molecule has 1 spiro atoms. The van der Waals surface area contributed by atoms with Crippen LogP contribution in [0.1, 0.15) is 104 Å². The Kier molecular flexibility index (Phi) is 14.7. The van der Waals surface area contributed by atoms with Crippen molar-refractivity contribution in [2.45, 2.75) is 130 Å².